The smallest absolute Gasteiger partial charge is 0.317 e. The summed E-state index contributed by atoms with van der Waals surface area (Å²) in [5, 5.41) is 2.95. The third kappa shape index (κ3) is 6.45. The van der Waals surface area contributed by atoms with E-state index in [1.165, 1.54) is 23.3 Å². The maximum atomic E-state index is 13.1. The first kappa shape index (κ1) is 24.0. The van der Waals surface area contributed by atoms with Crippen molar-refractivity contribution in [2.45, 2.75) is 37.8 Å². The number of benzene rings is 3. The number of piperidine rings is 1. The van der Waals surface area contributed by atoms with Gasteiger partial charge in [0.15, 0.2) is 0 Å². The van der Waals surface area contributed by atoms with Crippen molar-refractivity contribution in [3.8, 4) is 0 Å². The van der Waals surface area contributed by atoms with Crippen molar-refractivity contribution in [1.29, 1.82) is 0 Å². The van der Waals surface area contributed by atoms with E-state index in [0.717, 1.165) is 44.5 Å². The molecule has 0 radical (unpaired) electrons. The van der Waals surface area contributed by atoms with E-state index >= 15 is 0 Å². The second-order valence-corrected chi connectivity index (χ2v) is 9.13. The van der Waals surface area contributed by atoms with Crippen LogP contribution < -0.4 is 5.32 Å². The zero-order valence-corrected chi connectivity index (χ0v) is 19.9. The number of carbonyl (C=O) groups excluding carboxylic acids is 1. The fraction of sp³-hybridized carbons (Fsp3) is 0.345. The van der Waals surface area contributed by atoms with Crippen LogP contribution in [0.2, 0.25) is 0 Å². The van der Waals surface area contributed by atoms with Crippen molar-refractivity contribution in [3.05, 3.63) is 107 Å². The molecule has 178 valence electrons. The highest BCUT2D eigenvalue weighted by molar-refractivity contribution is 5.74. The van der Waals surface area contributed by atoms with E-state index < -0.39 is 0 Å². The van der Waals surface area contributed by atoms with Crippen LogP contribution in [-0.4, -0.2) is 48.6 Å². The van der Waals surface area contributed by atoms with Gasteiger partial charge < -0.3 is 15.1 Å². The summed E-state index contributed by atoms with van der Waals surface area (Å²) >= 11 is 0. The fourth-order valence-corrected chi connectivity index (χ4v) is 4.81. The van der Waals surface area contributed by atoms with Crippen molar-refractivity contribution < 1.29 is 9.18 Å². The van der Waals surface area contributed by atoms with Crippen LogP contribution in [-0.2, 0) is 6.54 Å². The van der Waals surface area contributed by atoms with Crippen LogP contribution >= 0.6 is 0 Å². The molecule has 0 aliphatic carbocycles. The van der Waals surface area contributed by atoms with Crippen molar-refractivity contribution in [3.63, 3.8) is 0 Å². The molecule has 0 unspecified atom stereocenters. The largest absolute Gasteiger partial charge is 0.334 e. The lowest BCUT2D eigenvalue weighted by molar-refractivity contribution is 0.133. The summed E-state index contributed by atoms with van der Waals surface area (Å²) in [5.41, 5.74) is 3.62. The molecule has 2 amide bonds. The molecule has 34 heavy (non-hydrogen) atoms. The van der Waals surface area contributed by atoms with E-state index in [-0.39, 0.29) is 17.9 Å². The number of amides is 2. The Bertz CT molecular complexity index is 979. The molecule has 5 heteroatoms. The lowest BCUT2D eigenvalue weighted by atomic mass is 9.88. The van der Waals surface area contributed by atoms with Crippen molar-refractivity contribution in [2.75, 3.05) is 26.7 Å². The molecular formula is C29H34FN3O. The average molecular weight is 460 g/mol. The van der Waals surface area contributed by atoms with E-state index in [2.05, 4.69) is 70.9 Å². The van der Waals surface area contributed by atoms with Crippen LogP contribution in [0.4, 0.5) is 9.18 Å². The number of nitrogens with zero attached hydrogens (tertiary/aromatic N) is 2. The Labute approximate surface area is 202 Å². The van der Waals surface area contributed by atoms with Crippen LogP contribution in [0.5, 0.6) is 0 Å². The molecular weight excluding hydrogens is 425 g/mol. The predicted octanol–water partition coefficient (Wildman–Crippen LogP) is 5.65. The highest BCUT2D eigenvalue weighted by Crippen LogP contribution is 2.28. The second-order valence-electron chi connectivity index (χ2n) is 9.13. The fourth-order valence-electron chi connectivity index (χ4n) is 4.81. The molecule has 4 nitrogen and oxygen atoms in total. The molecule has 1 aliphatic heterocycles. The molecule has 3 aromatic rings. The van der Waals surface area contributed by atoms with Crippen LogP contribution in [0.15, 0.2) is 84.9 Å². The zero-order chi connectivity index (χ0) is 23.8. The Morgan fingerprint density at radius 3 is 2.06 bits per heavy atom. The summed E-state index contributed by atoms with van der Waals surface area (Å²) < 4.78 is 13.1. The van der Waals surface area contributed by atoms with E-state index in [4.69, 9.17) is 0 Å². The zero-order valence-electron chi connectivity index (χ0n) is 19.9. The number of halogens is 1. The first-order valence-corrected chi connectivity index (χ1v) is 12.2. The predicted molar refractivity (Wildman–Crippen MR) is 135 cm³/mol. The second kappa shape index (κ2) is 11.8. The number of hydrogen-bond donors (Lipinski definition) is 1. The van der Waals surface area contributed by atoms with Crippen LogP contribution in [0.3, 0.4) is 0 Å². The molecule has 1 saturated heterocycles. The number of urea groups is 1. The summed E-state index contributed by atoms with van der Waals surface area (Å²) in [4.78, 5) is 17.0. The number of hydrogen-bond acceptors (Lipinski definition) is 2. The van der Waals surface area contributed by atoms with Crippen molar-refractivity contribution in [2.24, 2.45) is 0 Å². The Hall–Kier alpha value is -3.18. The normalized spacial score (nSPS) is 14.8. The van der Waals surface area contributed by atoms with E-state index in [9.17, 15) is 9.18 Å². The Morgan fingerprint density at radius 2 is 1.50 bits per heavy atom. The van der Waals surface area contributed by atoms with Gasteiger partial charge in [0, 0.05) is 38.6 Å². The molecule has 1 heterocycles. The third-order valence-electron chi connectivity index (χ3n) is 6.92. The Balaban J connectivity index is 1.26. The van der Waals surface area contributed by atoms with Gasteiger partial charge in [-0.2, -0.15) is 0 Å². The molecule has 0 aromatic heterocycles. The monoisotopic (exact) mass is 459 g/mol. The van der Waals surface area contributed by atoms with Gasteiger partial charge in [0.25, 0.3) is 0 Å². The summed E-state index contributed by atoms with van der Waals surface area (Å²) in [7, 11) is 1.88. The Morgan fingerprint density at radius 1 is 0.941 bits per heavy atom. The average Bonchev–Trinajstić information content (AvgIpc) is 2.89. The number of carbonyl (C=O) groups is 1. The minimum absolute atomic E-state index is 0.0732. The summed E-state index contributed by atoms with van der Waals surface area (Å²) in [6.45, 7) is 3.44. The van der Waals surface area contributed by atoms with Gasteiger partial charge in [-0.1, -0.05) is 72.8 Å². The standard InChI is InChI=1S/C29H34FN3O/c1-32(29(34)31-22-23-12-14-26(30)15-13-23)27-16-19-33(20-17-27)21-18-28(24-8-4-2-5-9-24)25-10-6-3-7-11-25/h2-15,27-28H,16-22H2,1H3,(H,31,34). The van der Waals surface area contributed by atoms with Gasteiger partial charge in [-0.05, 0) is 54.6 Å². The quantitative estimate of drug-likeness (QED) is 0.472. The minimum Gasteiger partial charge on any atom is -0.334 e. The van der Waals surface area contributed by atoms with E-state index in [1.54, 1.807) is 12.1 Å². The first-order chi connectivity index (χ1) is 16.6. The number of nitrogens with one attached hydrogen (secondary N) is 1. The van der Waals surface area contributed by atoms with Gasteiger partial charge >= 0.3 is 6.03 Å². The lowest BCUT2D eigenvalue weighted by Gasteiger charge is -2.37. The molecule has 1 aliphatic rings. The number of rotatable bonds is 8. The van der Waals surface area contributed by atoms with Crippen molar-refractivity contribution in [1.82, 2.24) is 15.1 Å². The molecule has 0 atom stereocenters. The van der Waals surface area contributed by atoms with Crippen LogP contribution in [0.1, 0.15) is 41.9 Å². The van der Waals surface area contributed by atoms with E-state index in [1.807, 2.05) is 11.9 Å². The molecule has 3 aromatic carbocycles. The minimum atomic E-state index is -0.266. The molecule has 1 N–H and O–H groups in total. The highest BCUT2D eigenvalue weighted by Gasteiger charge is 2.26. The highest BCUT2D eigenvalue weighted by atomic mass is 19.1. The lowest BCUT2D eigenvalue weighted by Crippen LogP contribution is -2.48. The summed E-state index contributed by atoms with van der Waals surface area (Å²) in [6.07, 6.45) is 3.02. The SMILES string of the molecule is CN(C(=O)NCc1ccc(F)cc1)C1CCN(CCC(c2ccccc2)c2ccccc2)CC1. The van der Waals surface area contributed by atoms with E-state index in [0.29, 0.717) is 12.5 Å². The molecule has 0 saturated carbocycles. The van der Waals surface area contributed by atoms with Crippen LogP contribution in [0.25, 0.3) is 0 Å². The molecule has 0 spiro atoms. The van der Waals surface area contributed by atoms with Gasteiger partial charge in [-0.25, -0.2) is 9.18 Å². The Kier molecular flexibility index (Phi) is 8.31. The van der Waals surface area contributed by atoms with Gasteiger partial charge in [0.05, 0.1) is 0 Å². The molecule has 4 rings (SSSR count). The van der Waals surface area contributed by atoms with Crippen molar-refractivity contribution >= 4 is 6.03 Å². The van der Waals surface area contributed by atoms with Gasteiger partial charge in [0.1, 0.15) is 5.82 Å². The van der Waals surface area contributed by atoms with Gasteiger partial charge in [-0.15, -0.1) is 0 Å². The summed E-state index contributed by atoms with van der Waals surface area (Å²) in [6, 6.07) is 27.9. The maximum absolute atomic E-state index is 13.1. The molecule has 1 fully saturated rings. The first-order valence-electron chi connectivity index (χ1n) is 12.2. The van der Waals surface area contributed by atoms with Gasteiger partial charge in [-0.3, -0.25) is 0 Å². The summed E-state index contributed by atoms with van der Waals surface area (Å²) in [5.74, 6) is 0.123. The third-order valence-corrected chi connectivity index (χ3v) is 6.92. The maximum Gasteiger partial charge on any atom is 0.317 e. The van der Waals surface area contributed by atoms with Gasteiger partial charge in [0.2, 0.25) is 0 Å². The topological polar surface area (TPSA) is 35.6 Å². The van der Waals surface area contributed by atoms with Crippen LogP contribution in [0, 0.1) is 5.82 Å². The molecule has 0 bridgehead atoms. The number of likely N-dealkylation sites (tertiary alicyclic amines) is 1.